The van der Waals surface area contributed by atoms with Gasteiger partial charge in [0.25, 0.3) is 0 Å². The van der Waals surface area contributed by atoms with E-state index in [9.17, 15) is 15.0 Å². The minimum absolute atomic E-state index is 0.0785. The lowest BCUT2D eigenvalue weighted by molar-refractivity contribution is -0.0371. The molecule has 2 aliphatic rings. The molecule has 162 valence electrons. The molecular formula is C23H35NO5. The number of benzene rings is 1. The van der Waals surface area contributed by atoms with Crippen LogP contribution in [0.25, 0.3) is 0 Å². The van der Waals surface area contributed by atoms with Crippen LogP contribution < -0.4 is 0 Å². The third-order valence-electron chi connectivity index (χ3n) is 6.02. The number of amides is 1. The van der Waals surface area contributed by atoms with Gasteiger partial charge in [-0.25, -0.2) is 4.79 Å². The van der Waals surface area contributed by atoms with E-state index in [4.69, 9.17) is 9.47 Å². The van der Waals surface area contributed by atoms with Crippen LogP contribution in [-0.4, -0.2) is 57.7 Å². The van der Waals surface area contributed by atoms with E-state index in [0.29, 0.717) is 24.7 Å². The van der Waals surface area contributed by atoms with Crippen molar-refractivity contribution >= 4 is 6.09 Å². The molecule has 3 rings (SSSR count). The maximum absolute atomic E-state index is 12.6. The Morgan fingerprint density at radius 3 is 2.45 bits per heavy atom. The second kappa shape index (κ2) is 8.92. The molecule has 0 radical (unpaired) electrons. The first-order valence-corrected chi connectivity index (χ1v) is 10.7. The predicted molar refractivity (Wildman–Crippen MR) is 111 cm³/mol. The summed E-state index contributed by atoms with van der Waals surface area (Å²) in [6.45, 7) is 7.78. The lowest BCUT2D eigenvalue weighted by atomic mass is 9.82. The number of likely N-dealkylation sites (tertiary alicyclic amines) is 1. The van der Waals surface area contributed by atoms with Crippen molar-refractivity contribution in [2.75, 3.05) is 6.61 Å². The van der Waals surface area contributed by atoms with Gasteiger partial charge in [0.15, 0.2) is 0 Å². The molecule has 1 unspecified atom stereocenters. The molecule has 2 fully saturated rings. The molecule has 1 aliphatic heterocycles. The average Bonchev–Trinajstić information content (AvgIpc) is 2.93. The van der Waals surface area contributed by atoms with Gasteiger partial charge in [0.2, 0.25) is 0 Å². The Morgan fingerprint density at radius 1 is 1.17 bits per heavy atom. The zero-order valence-electron chi connectivity index (χ0n) is 18.0. The van der Waals surface area contributed by atoms with Gasteiger partial charge in [-0.3, -0.25) is 4.90 Å². The van der Waals surface area contributed by atoms with E-state index in [0.717, 1.165) is 31.2 Å². The molecule has 0 aromatic heterocycles. The number of rotatable bonds is 4. The lowest BCUT2D eigenvalue weighted by Crippen LogP contribution is -2.47. The Labute approximate surface area is 173 Å². The van der Waals surface area contributed by atoms with E-state index in [1.165, 1.54) is 0 Å². The molecule has 0 bridgehead atoms. The van der Waals surface area contributed by atoms with Crippen LogP contribution in [0.1, 0.15) is 71.3 Å². The van der Waals surface area contributed by atoms with Crippen molar-refractivity contribution < 1.29 is 24.5 Å². The zero-order chi connectivity index (χ0) is 21.2. The molecule has 1 saturated carbocycles. The summed E-state index contributed by atoms with van der Waals surface area (Å²) in [5.41, 5.74) is 0.444. The molecule has 6 heteroatoms. The standard InChI is InChI=1S/C23H35NO5/c1-15-13-21(26)19(24(15)22(27)29-23(2,3)4)14-28-17-11-9-16(10-12-17)18-7-5-6-8-20(18)25/h5-8,15-17,19,21,25-26H,9-14H2,1-4H3/t15?,16?,17?,19-,21-/m1/s1. The normalized spacial score (nSPS) is 30.4. The third-order valence-corrected chi connectivity index (χ3v) is 6.02. The van der Waals surface area contributed by atoms with Crippen molar-refractivity contribution in [2.45, 2.75) is 95.6 Å². The van der Waals surface area contributed by atoms with Crippen molar-refractivity contribution in [3.8, 4) is 5.75 Å². The van der Waals surface area contributed by atoms with E-state index in [2.05, 4.69) is 0 Å². The average molecular weight is 406 g/mol. The topological polar surface area (TPSA) is 79.2 Å². The van der Waals surface area contributed by atoms with Crippen LogP contribution in [0.5, 0.6) is 5.75 Å². The van der Waals surface area contributed by atoms with Gasteiger partial charge in [0.1, 0.15) is 11.4 Å². The van der Waals surface area contributed by atoms with Crippen molar-refractivity contribution in [1.82, 2.24) is 4.90 Å². The largest absolute Gasteiger partial charge is 0.508 e. The molecule has 2 N–H and O–H groups in total. The molecule has 3 atom stereocenters. The van der Waals surface area contributed by atoms with E-state index in [1.807, 2.05) is 45.9 Å². The zero-order valence-corrected chi connectivity index (χ0v) is 18.0. The summed E-state index contributed by atoms with van der Waals surface area (Å²) in [7, 11) is 0. The van der Waals surface area contributed by atoms with Gasteiger partial charge in [0.05, 0.1) is 24.9 Å². The highest BCUT2D eigenvalue weighted by Gasteiger charge is 2.43. The van der Waals surface area contributed by atoms with Crippen LogP contribution in [0.2, 0.25) is 0 Å². The Morgan fingerprint density at radius 2 is 1.83 bits per heavy atom. The van der Waals surface area contributed by atoms with Crippen molar-refractivity contribution in [1.29, 1.82) is 0 Å². The van der Waals surface area contributed by atoms with Crippen LogP contribution in [0.3, 0.4) is 0 Å². The number of aliphatic hydroxyl groups excluding tert-OH is 1. The van der Waals surface area contributed by atoms with Gasteiger partial charge in [0, 0.05) is 6.04 Å². The Bertz CT molecular complexity index is 693. The van der Waals surface area contributed by atoms with Gasteiger partial charge < -0.3 is 19.7 Å². The highest BCUT2D eigenvalue weighted by atomic mass is 16.6. The van der Waals surface area contributed by atoms with Crippen molar-refractivity contribution in [2.24, 2.45) is 0 Å². The Kier molecular flexibility index (Phi) is 6.74. The van der Waals surface area contributed by atoms with Gasteiger partial charge in [-0.2, -0.15) is 0 Å². The Hall–Kier alpha value is -1.79. The molecule has 1 saturated heterocycles. The molecule has 29 heavy (non-hydrogen) atoms. The quantitative estimate of drug-likeness (QED) is 0.785. The first-order valence-electron chi connectivity index (χ1n) is 10.7. The summed E-state index contributed by atoms with van der Waals surface area (Å²) in [6, 6.07) is 7.09. The van der Waals surface area contributed by atoms with Crippen molar-refractivity contribution in [3.05, 3.63) is 29.8 Å². The summed E-state index contributed by atoms with van der Waals surface area (Å²) in [4.78, 5) is 14.3. The van der Waals surface area contributed by atoms with Crippen LogP contribution in [0.4, 0.5) is 4.79 Å². The third kappa shape index (κ3) is 5.43. The molecule has 1 heterocycles. The number of hydrogen-bond acceptors (Lipinski definition) is 5. The minimum atomic E-state index is -0.602. The summed E-state index contributed by atoms with van der Waals surface area (Å²) >= 11 is 0. The number of aliphatic hydroxyl groups is 1. The van der Waals surface area contributed by atoms with Gasteiger partial charge in [-0.1, -0.05) is 18.2 Å². The SMILES string of the molecule is CC1C[C@@H](O)[C@@H](COC2CCC(c3ccccc3O)CC2)N1C(=O)OC(C)(C)C. The monoisotopic (exact) mass is 405 g/mol. The number of nitrogens with zero attached hydrogens (tertiary/aromatic N) is 1. The number of aromatic hydroxyl groups is 1. The molecular weight excluding hydrogens is 370 g/mol. The van der Waals surface area contributed by atoms with E-state index in [-0.39, 0.29) is 18.2 Å². The second-order valence-electron chi connectivity index (χ2n) is 9.47. The fourth-order valence-electron chi connectivity index (χ4n) is 4.56. The first kappa shape index (κ1) is 21.9. The number of carbonyl (C=O) groups is 1. The number of para-hydroxylation sites is 1. The maximum atomic E-state index is 12.6. The molecule has 0 spiro atoms. The molecule has 1 amide bonds. The number of phenolic OH excluding ortho intramolecular Hbond substituents is 1. The maximum Gasteiger partial charge on any atom is 0.410 e. The number of ether oxygens (including phenoxy) is 2. The van der Waals surface area contributed by atoms with Gasteiger partial charge in [-0.05, 0) is 77.3 Å². The second-order valence-corrected chi connectivity index (χ2v) is 9.47. The summed E-state index contributed by atoms with van der Waals surface area (Å²) in [5, 5.41) is 20.6. The van der Waals surface area contributed by atoms with Gasteiger partial charge >= 0.3 is 6.09 Å². The van der Waals surface area contributed by atoms with Gasteiger partial charge in [-0.15, -0.1) is 0 Å². The lowest BCUT2D eigenvalue weighted by Gasteiger charge is -2.34. The van der Waals surface area contributed by atoms with Crippen LogP contribution in [0, 0.1) is 0 Å². The van der Waals surface area contributed by atoms with Crippen molar-refractivity contribution in [3.63, 3.8) is 0 Å². The van der Waals surface area contributed by atoms with E-state index < -0.39 is 17.8 Å². The Balaban J connectivity index is 1.53. The summed E-state index contributed by atoms with van der Waals surface area (Å²) in [5.74, 6) is 0.722. The highest BCUT2D eigenvalue weighted by molar-refractivity contribution is 5.69. The minimum Gasteiger partial charge on any atom is -0.508 e. The molecule has 1 aromatic carbocycles. The summed E-state index contributed by atoms with van der Waals surface area (Å²) in [6.07, 6.45) is 3.39. The molecule has 6 nitrogen and oxygen atoms in total. The summed E-state index contributed by atoms with van der Waals surface area (Å²) < 4.78 is 11.7. The first-order chi connectivity index (χ1) is 13.7. The fourth-order valence-corrected chi connectivity index (χ4v) is 4.56. The predicted octanol–water partition coefficient (Wildman–Crippen LogP) is 4.19. The van der Waals surface area contributed by atoms with Crippen LogP contribution in [0.15, 0.2) is 24.3 Å². The smallest absolute Gasteiger partial charge is 0.410 e. The number of carbonyl (C=O) groups excluding carboxylic acids is 1. The number of phenols is 1. The van der Waals surface area contributed by atoms with E-state index >= 15 is 0 Å². The molecule has 1 aromatic rings. The van der Waals surface area contributed by atoms with E-state index in [1.54, 1.807) is 11.0 Å². The van der Waals surface area contributed by atoms with Crippen LogP contribution >= 0.6 is 0 Å². The molecule has 1 aliphatic carbocycles. The number of hydrogen-bond donors (Lipinski definition) is 2. The fraction of sp³-hybridized carbons (Fsp3) is 0.696. The highest BCUT2D eigenvalue weighted by Crippen LogP contribution is 2.38. The van der Waals surface area contributed by atoms with Crippen LogP contribution in [-0.2, 0) is 9.47 Å².